The normalized spacial score (nSPS) is 11.5. The molecule has 1 aromatic heterocycles. The van der Waals surface area contributed by atoms with E-state index in [-0.39, 0.29) is 4.90 Å². The molecule has 1 N–H and O–H groups in total. The van der Waals surface area contributed by atoms with Crippen LogP contribution in [0.4, 0.5) is 5.69 Å². The molecule has 0 spiro atoms. The molecule has 1 heterocycles. The highest BCUT2D eigenvalue weighted by molar-refractivity contribution is 7.92. The van der Waals surface area contributed by atoms with E-state index >= 15 is 0 Å². The maximum absolute atomic E-state index is 12.9. The molecule has 0 saturated heterocycles. The summed E-state index contributed by atoms with van der Waals surface area (Å²) in [6, 6.07) is 12.6. The average Bonchev–Trinajstić information content (AvgIpc) is 2.95. The highest BCUT2D eigenvalue weighted by Gasteiger charge is 2.20. The van der Waals surface area contributed by atoms with E-state index < -0.39 is 10.0 Å². The van der Waals surface area contributed by atoms with Crippen LogP contribution >= 0.6 is 0 Å². The van der Waals surface area contributed by atoms with Gasteiger partial charge in [-0.15, -0.1) is 0 Å². The van der Waals surface area contributed by atoms with E-state index in [0.717, 1.165) is 23.2 Å². The Balaban J connectivity index is 1.98. The second kappa shape index (κ2) is 6.96. The van der Waals surface area contributed by atoms with Crippen molar-refractivity contribution in [2.45, 2.75) is 39.0 Å². The van der Waals surface area contributed by atoms with Crippen molar-refractivity contribution in [1.29, 1.82) is 0 Å². The maximum Gasteiger partial charge on any atom is 0.262 e. The number of nitrogens with one attached hydrogen (secondary N) is 1. The predicted octanol–water partition coefficient (Wildman–Crippen LogP) is 4.63. The SMILES string of the molecule is CCc1ccc(NS(=O)(=O)c2cc(-c3onc(C)c3C)ccc2C)cc1. The van der Waals surface area contributed by atoms with Gasteiger partial charge >= 0.3 is 0 Å². The molecule has 136 valence electrons. The van der Waals surface area contributed by atoms with Gasteiger partial charge in [-0.3, -0.25) is 4.72 Å². The number of nitrogens with zero attached hydrogens (tertiary/aromatic N) is 1. The fourth-order valence-corrected chi connectivity index (χ4v) is 4.06. The Kier molecular flexibility index (Phi) is 4.87. The maximum atomic E-state index is 12.9. The van der Waals surface area contributed by atoms with Crippen LogP contribution in [0.2, 0.25) is 0 Å². The summed E-state index contributed by atoms with van der Waals surface area (Å²) in [5, 5.41) is 3.95. The molecule has 3 rings (SSSR count). The van der Waals surface area contributed by atoms with Crippen molar-refractivity contribution < 1.29 is 12.9 Å². The lowest BCUT2D eigenvalue weighted by molar-refractivity contribution is 0.427. The molecular formula is C20H22N2O3S. The van der Waals surface area contributed by atoms with Gasteiger partial charge in [0.15, 0.2) is 5.76 Å². The Bertz CT molecular complexity index is 1040. The Morgan fingerprint density at radius 3 is 2.31 bits per heavy atom. The van der Waals surface area contributed by atoms with Crippen LogP contribution < -0.4 is 4.72 Å². The average molecular weight is 370 g/mol. The Morgan fingerprint density at radius 2 is 1.73 bits per heavy atom. The topological polar surface area (TPSA) is 72.2 Å². The van der Waals surface area contributed by atoms with Crippen LogP contribution in [-0.4, -0.2) is 13.6 Å². The van der Waals surface area contributed by atoms with E-state index in [2.05, 4.69) is 16.8 Å². The minimum Gasteiger partial charge on any atom is -0.356 e. The Hall–Kier alpha value is -2.60. The highest BCUT2D eigenvalue weighted by atomic mass is 32.2. The molecule has 2 aromatic carbocycles. The van der Waals surface area contributed by atoms with E-state index in [9.17, 15) is 8.42 Å². The summed E-state index contributed by atoms with van der Waals surface area (Å²) in [4.78, 5) is 0.225. The van der Waals surface area contributed by atoms with Gasteiger partial charge in [-0.05, 0) is 56.5 Å². The van der Waals surface area contributed by atoms with Gasteiger partial charge in [0.25, 0.3) is 10.0 Å². The van der Waals surface area contributed by atoms with Crippen LogP contribution in [0.3, 0.4) is 0 Å². The summed E-state index contributed by atoms with van der Waals surface area (Å²) in [6.45, 7) is 7.59. The third-order valence-corrected chi connectivity index (χ3v) is 6.03. The summed E-state index contributed by atoms with van der Waals surface area (Å²) in [7, 11) is -3.71. The van der Waals surface area contributed by atoms with Gasteiger partial charge in [0.2, 0.25) is 0 Å². The molecule has 5 nitrogen and oxygen atoms in total. The van der Waals surface area contributed by atoms with Crippen molar-refractivity contribution >= 4 is 15.7 Å². The smallest absolute Gasteiger partial charge is 0.262 e. The third-order valence-electron chi connectivity index (χ3n) is 4.51. The zero-order chi connectivity index (χ0) is 18.9. The first-order valence-electron chi connectivity index (χ1n) is 8.47. The standard InChI is InChI=1S/C20H22N2O3S/c1-5-16-7-10-18(11-8-16)22-26(23,24)19-12-17(9-6-13(19)2)20-14(3)15(4)21-25-20/h6-12,22H,5H2,1-4H3. The largest absolute Gasteiger partial charge is 0.356 e. The molecule has 0 aliphatic heterocycles. The number of hydrogen-bond acceptors (Lipinski definition) is 4. The number of benzene rings is 2. The van der Waals surface area contributed by atoms with E-state index in [1.54, 1.807) is 31.2 Å². The van der Waals surface area contributed by atoms with Gasteiger partial charge in [-0.1, -0.05) is 36.3 Å². The number of anilines is 1. The fourth-order valence-electron chi connectivity index (χ4n) is 2.73. The van der Waals surface area contributed by atoms with Gasteiger partial charge in [-0.2, -0.15) is 0 Å². The number of rotatable bonds is 5. The van der Waals surface area contributed by atoms with Crippen molar-refractivity contribution in [3.05, 3.63) is 64.8 Å². The molecule has 3 aromatic rings. The quantitative estimate of drug-likeness (QED) is 0.711. The van der Waals surface area contributed by atoms with Crippen LogP contribution in [0, 0.1) is 20.8 Å². The molecule has 6 heteroatoms. The number of hydrogen-bond donors (Lipinski definition) is 1. The number of aromatic nitrogens is 1. The fraction of sp³-hybridized carbons (Fsp3) is 0.250. The van der Waals surface area contributed by atoms with E-state index in [0.29, 0.717) is 22.6 Å². The minimum absolute atomic E-state index is 0.225. The lowest BCUT2D eigenvalue weighted by Gasteiger charge is -2.12. The molecule has 0 aliphatic rings. The minimum atomic E-state index is -3.71. The lowest BCUT2D eigenvalue weighted by atomic mass is 10.1. The summed E-state index contributed by atoms with van der Waals surface area (Å²) in [5.41, 5.74) is 4.75. The van der Waals surface area contributed by atoms with Crippen molar-refractivity contribution in [2.75, 3.05) is 4.72 Å². The predicted molar refractivity (Wildman–Crippen MR) is 103 cm³/mol. The van der Waals surface area contributed by atoms with Crippen LogP contribution in [0.5, 0.6) is 0 Å². The van der Waals surface area contributed by atoms with Crippen molar-refractivity contribution in [3.63, 3.8) is 0 Å². The van der Waals surface area contributed by atoms with E-state index in [1.807, 2.05) is 32.0 Å². The molecule has 0 bridgehead atoms. The molecule has 0 radical (unpaired) electrons. The molecule has 26 heavy (non-hydrogen) atoms. The number of aryl methyl sites for hydroxylation is 3. The van der Waals surface area contributed by atoms with Gasteiger partial charge < -0.3 is 4.52 Å². The molecule has 0 atom stereocenters. The van der Waals surface area contributed by atoms with E-state index in [4.69, 9.17) is 4.52 Å². The molecule has 0 unspecified atom stereocenters. The zero-order valence-electron chi connectivity index (χ0n) is 15.3. The lowest BCUT2D eigenvalue weighted by Crippen LogP contribution is -2.14. The van der Waals surface area contributed by atoms with Gasteiger partial charge in [-0.25, -0.2) is 8.42 Å². The summed E-state index contributed by atoms with van der Waals surface area (Å²) in [6.07, 6.45) is 0.907. The van der Waals surface area contributed by atoms with Crippen LogP contribution in [-0.2, 0) is 16.4 Å². The molecule has 0 saturated carbocycles. The monoisotopic (exact) mass is 370 g/mol. The summed E-state index contributed by atoms with van der Waals surface area (Å²) < 4.78 is 33.8. The first-order valence-corrected chi connectivity index (χ1v) is 9.96. The van der Waals surface area contributed by atoms with Crippen molar-refractivity contribution in [2.24, 2.45) is 0 Å². The van der Waals surface area contributed by atoms with Gasteiger partial charge in [0.05, 0.1) is 10.6 Å². The van der Waals surface area contributed by atoms with Gasteiger partial charge in [0, 0.05) is 16.8 Å². The zero-order valence-corrected chi connectivity index (χ0v) is 16.1. The third kappa shape index (κ3) is 3.51. The molecule has 0 aliphatic carbocycles. The molecular weight excluding hydrogens is 348 g/mol. The van der Waals surface area contributed by atoms with Crippen LogP contribution in [0.25, 0.3) is 11.3 Å². The number of sulfonamides is 1. The highest BCUT2D eigenvalue weighted by Crippen LogP contribution is 2.29. The van der Waals surface area contributed by atoms with Crippen LogP contribution in [0.1, 0.15) is 29.3 Å². The summed E-state index contributed by atoms with van der Waals surface area (Å²) in [5.74, 6) is 0.589. The molecule has 0 amide bonds. The Labute approximate surface area is 154 Å². The Morgan fingerprint density at radius 1 is 1.04 bits per heavy atom. The van der Waals surface area contributed by atoms with Crippen molar-refractivity contribution in [1.82, 2.24) is 5.16 Å². The van der Waals surface area contributed by atoms with Crippen molar-refractivity contribution in [3.8, 4) is 11.3 Å². The van der Waals surface area contributed by atoms with Crippen LogP contribution in [0.15, 0.2) is 51.9 Å². The second-order valence-electron chi connectivity index (χ2n) is 6.36. The van der Waals surface area contributed by atoms with E-state index in [1.165, 1.54) is 0 Å². The molecule has 0 fully saturated rings. The summed E-state index contributed by atoms with van der Waals surface area (Å²) >= 11 is 0. The first kappa shape index (κ1) is 18.2. The first-order chi connectivity index (χ1) is 12.3. The van der Waals surface area contributed by atoms with Gasteiger partial charge in [0.1, 0.15) is 0 Å². The second-order valence-corrected chi connectivity index (χ2v) is 8.01.